The lowest BCUT2D eigenvalue weighted by Crippen LogP contribution is -2.54. The third-order valence-corrected chi connectivity index (χ3v) is 4.74. The van der Waals surface area contributed by atoms with Gasteiger partial charge in [-0.25, -0.2) is 9.69 Å². The van der Waals surface area contributed by atoms with E-state index in [-0.39, 0.29) is 5.57 Å². The van der Waals surface area contributed by atoms with Gasteiger partial charge in [-0.1, -0.05) is 15.9 Å². The number of anilines is 1. The number of halogens is 1. The molecule has 2 aromatic rings. The van der Waals surface area contributed by atoms with Crippen LogP contribution in [0.1, 0.15) is 11.1 Å². The number of rotatable bonds is 4. The Morgan fingerprint density at radius 1 is 1.04 bits per heavy atom. The minimum absolute atomic E-state index is 0.176. The average Bonchev–Trinajstić information content (AvgIpc) is 2.66. The number of carbonyl (C=O) groups excluding carboxylic acids is 3. The number of nitrogens with zero attached hydrogens (tertiary/aromatic N) is 1. The summed E-state index contributed by atoms with van der Waals surface area (Å²) < 4.78 is 11.3. The number of hydrogen-bond donors (Lipinski definition) is 1. The summed E-state index contributed by atoms with van der Waals surface area (Å²) in [5.74, 6) is -0.479. The van der Waals surface area contributed by atoms with Crippen LogP contribution in [-0.4, -0.2) is 32.1 Å². The number of carbonyl (C=O) groups is 3. The van der Waals surface area contributed by atoms with Gasteiger partial charge in [-0.3, -0.25) is 14.9 Å². The molecule has 7 nitrogen and oxygen atoms in total. The Balaban J connectivity index is 2.06. The molecule has 0 spiro atoms. The maximum Gasteiger partial charge on any atom is 0.335 e. The van der Waals surface area contributed by atoms with E-state index in [1.54, 1.807) is 43.3 Å². The van der Waals surface area contributed by atoms with Gasteiger partial charge in [-0.05, 0) is 48.9 Å². The molecule has 0 bridgehead atoms. The van der Waals surface area contributed by atoms with Gasteiger partial charge in [-0.15, -0.1) is 0 Å². The van der Waals surface area contributed by atoms with E-state index in [0.29, 0.717) is 28.3 Å². The predicted octanol–water partition coefficient (Wildman–Crippen LogP) is 3.44. The van der Waals surface area contributed by atoms with Crippen LogP contribution in [0, 0.1) is 6.92 Å². The third-order valence-electron chi connectivity index (χ3n) is 4.24. The molecule has 0 aliphatic carbocycles. The van der Waals surface area contributed by atoms with E-state index in [4.69, 9.17) is 9.47 Å². The van der Waals surface area contributed by atoms with Crippen molar-refractivity contribution in [2.45, 2.75) is 6.92 Å². The number of imide groups is 2. The molecule has 2 aromatic carbocycles. The van der Waals surface area contributed by atoms with Crippen molar-refractivity contribution in [1.82, 2.24) is 5.32 Å². The van der Waals surface area contributed by atoms with E-state index in [9.17, 15) is 14.4 Å². The van der Waals surface area contributed by atoms with Crippen LogP contribution in [0.25, 0.3) is 6.08 Å². The first-order valence-electron chi connectivity index (χ1n) is 8.25. The number of hydrogen-bond acceptors (Lipinski definition) is 5. The van der Waals surface area contributed by atoms with Crippen LogP contribution in [0.2, 0.25) is 0 Å². The largest absolute Gasteiger partial charge is 0.497 e. The Morgan fingerprint density at radius 3 is 2.43 bits per heavy atom. The van der Waals surface area contributed by atoms with Gasteiger partial charge < -0.3 is 9.47 Å². The molecule has 8 heteroatoms. The average molecular weight is 445 g/mol. The molecular weight excluding hydrogens is 428 g/mol. The van der Waals surface area contributed by atoms with Gasteiger partial charge in [0.1, 0.15) is 17.1 Å². The summed E-state index contributed by atoms with van der Waals surface area (Å²) in [5, 5.41) is 2.21. The monoisotopic (exact) mass is 444 g/mol. The smallest absolute Gasteiger partial charge is 0.335 e. The van der Waals surface area contributed by atoms with Gasteiger partial charge in [0.25, 0.3) is 11.8 Å². The first kappa shape index (κ1) is 19.6. The highest BCUT2D eigenvalue weighted by Gasteiger charge is 2.37. The lowest BCUT2D eigenvalue weighted by molar-refractivity contribution is -0.122. The van der Waals surface area contributed by atoms with Gasteiger partial charge in [0.05, 0.1) is 19.9 Å². The molecule has 1 aliphatic rings. The molecule has 1 N–H and O–H groups in total. The van der Waals surface area contributed by atoms with E-state index in [0.717, 1.165) is 9.37 Å². The van der Waals surface area contributed by atoms with Crippen molar-refractivity contribution >= 4 is 45.5 Å². The molecule has 3 rings (SSSR count). The lowest BCUT2D eigenvalue weighted by atomic mass is 10.0. The van der Waals surface area contributed by atoms with E-state index in [1.807, 2.05) is 0 Å². The number of amides is 4. The molecule has 1 aliphatic heterocycles. The minimum atomic E-state index is -0.792. The summed E-state index contributed by atoms with van der Waals surface area (Å²) in [7, 11) is 3.00. The number of benzene rings is 2. The van der Waals surface area contributed by atoms with Crippen molar-refractivity contribution in [2.75, 3.05) is 19.1 Å². The van der Waals surface area contributed by atoms with Crippen molar-refractivity contribution < 1.29 is 23.9 Å². The summed E-state index contributed by atoms with van der Waals surface area (Å²) in [6.07, 6.45) is 1.39. The second-order valence-electron chi connectivity index (χ2n) is 6.00. The van der Waals surface area contributed by atoms with E-state index in [1.165, 1.54) is 20.3 Å². The second kappa shape index (κ2) is 7.85. The molecule has 0 radical (unpaired) electrons. The second-order valence-corrected chi connectivity index (χ2v) is 6.91. The molecular formula is C20H17BrN2O5. The number of urea groups is 1. The quantitative estimate of drug-likeness (QED) is 0.576. The number of ether oxygens (including phenoxy) is 2. The van der Waals surface area contributed by atoms with Crippen LogP contribution in [0.4, 0.5) is 10.5 Å². The Kier molecular flexibility index (Phi) is 5.51. The normalized spacial score (nSPS) is 15.6. The fourth-order valence-electron chi connectivity index (χ4n) is 2.84. The molecule has 1 saturated heterocycles. The number of barbiturate groups is 1. The van der Waals surface area contributed by atoms with Crippen molar-refractivity contribution in [3.05, 3.63) is 57.6 Å². The maximum atomic E-state index is 13.0. The molecule has 0 atom stereocenters. The first-order valence-corrected chi connectivity index (χ1v) is 9.04. The highest BCUT2D eigenvalue weighted by Crippen LogP contribution is 2.30. The summed E-state index contributed by atoms with van der Waals surface area (Å²) in [6.45, 7) is 1.77. The highest BCUT2D eigenvalue weighted by molar-refractivity contribution is 9.10. The van der Waals surface area contributed by atoms with E-state index >= 15 is 0 Å². The molecule has 1 fully saturated rings. The Morgan fingerprint density at radius 2 is 1.79 bits per heavy atom. The molecule has 0 aromatic heterocycles. The van der Waals surface area contributed by atoms with Gasteiger partial charge in [0, 0.05) is 16.1 Å². The maximum absolute atomic E-state index is 13.0. The summed E-state index contributed by atoms with van der Waals surface area (Å²) in [5.41, 5.74) is 1.42. The third kappa shape index (κ3) is 3.63. The van der Waals surface area contributed by atoms with Crippen LogP contribution < -0.4 is 19.7 Å². The van der Waals surface area contributed by atoms with Gasteiger partial charge in [0.2, 0.25) is 0 Å². The van der Waals surface area contributed by atoms with Gasteiger partial charge in [-0.2, -0.15) is 0 Å². The Labute approximate surface area is 170 Å². The van der Waals surface area contributed by atoms with Crippen LogP contribution in [0.3, 0.4) is 0 Å². The summed E-state index contributed by atoms with van der Waals surface area (Å²) in [4.78, 5) is 38.6. The minimum Gasteiger partial charge on any atom is -0.497 e. The van der Waals surface area contributed by atoms with E-state index < -0.39 is 17.8 Å². The fourth-order valence-corrected chi connectivity index (χ4v) is 3.31. The van der Waals surface area contributed by atoms with Gasteiger partial charge in [0.15, 0.2) is 0 Å². The number of methoxy groups -OCH3 is 2. The topological polar surface area (TPSA) is 84.9 Å². The fraction of sp³-hybridized carbons (Fsp3) is 0.150. The predicted molar refractivity (Wildman–Crippen MR) is 107 cm³/mol. The Hall–Kier alpha value is -3.13. The molecule has 0 saturated carbocycles. The Bertz CT molecular complexity index is 1020. The van der Waals surface area contributed by atoms with Gasteiger partial charge >= 0.3 is 6.03 Å². The summed E-state index contributed by atoms with van der Waals surface area (Å²) >= 11 is 3.35. The molecule has 28 heavy (non-hydrogen) atoms. The number of aryl methyl sites for hydroxylation is 1. The standard InChI is InChI=1S/C20H17BrN2O5/c1-11-8-13(21)5-7-16(11)23-19(25)15(18(24)22-20(23)26)9-12-4-6-14(27-2)10-17(12)28-3/h4-10H,1-3H3,(H,22,24,26)/b15-9-. The zero-order valence-electron chi connectivity index (χ0n) is 15.4. The van der Waals surface area contributed by atoms with Crippen LogP contribution in [0.15, 0.2) is 46.4 Å². The highest BCUT2D eigenvalue weighted by atomic mass is 79.9. The lowest BCUT2D eigenvalue weighted by Gasteiger charge is -2.27. The van der Waals surface area contributed by atoms with Crippen LogP contribution in [0.5, 0.6) is 11.5 Å². The zero-order valence-corrected chi connectivity index (χ0v) is 17.0. The number of nitrogens with one attached hydrogen (secondary N) is 1. The van der Waals surface area contributed by atoms with Crippen LogP contribution in [-0.2, 0) is 9.59 Å². The van der Waals surface area contributed by atoms with Crippen molar-refractivity contribution in [3.63, 3.8) is 0 Å². The van der Waals surface area contributed by atoms with Crippen molar-refractivity contribution in [2.24, 2.45) is 0 Å². The summed E-state index contributed by atoms with van der Waals surface area (Å²) in [6, 6.07) is 9.33. The molecule has 4 amide bonds. The molecule has 144 valence electrons. The van der Waals surface area contributed by atoms with Crippen LogP contribution >= 0.6 is 15.9 Å². The van der Waals surface area contributed by atoms with Crippen molar-refractivity contribution in [1.29, 1.82) is 0 Å². The molecule has 0 unspecified atom stereocenters. The molecule has 1 heterocycles. The van der Waals surface area contributed by atoms with Crippen molar-refractivity contribution in [3.8, 4) is 11.5 Å². The first-order chi connectivity index (χ1) is 13.3. The zero-order chi connectivity index (χ0) is 20.4. The SMILES string of the molecule is COc1ccc(/C=C2/C(=O)NC(=O)N(c3ccc(Br)cc3C)C2=O)c(OC)c1. The van der Waals surface area contributed by atoms with E-state index in [2.05, 4.69) is 21.2 Å².